The van der Waals surface area contributed by atoms with Crippen LogP contribution in [0.25, 0.3) is 10.2 Å². The van der Waals surface area contributed by atoms with E-state index < -0.39 is 5.97 Å². The molecule has 0 aliphatic rings. The Morgan fingerprint density at radius 1 is 1.28 bits per heavy atom. The molecule has 6 nitrogen and oxygen atoms in total. The molecule has 1 N–H and O–H groups in total. The van der Waals surface area contributed by atoms with Gasteiger partial charge in [-0.1, -0.05) is 12.1 Å². The number of thiazole rings is 1. The minimum atomic E-state index is -0.445. The van der Waals surface area contributed by atoms with Crippen LogP contribution in [0.2, 0.25) is 0 Å². The van der Waals surface area contributed by atoms with Crippen LogP contribution in [0.3, 0.4) is 0 Å². The minimum Gasteiger partial charge on any atom is -0.465 e. The topological polar surface area (TPSA) is 75.3 Å². The number of esters is 1. The highest BCUT2D eigenvalue weighted by Gasteiger charge is 2.24. The monoisotopic (exact) mass is 357 g/mol. The predicted octanol–water partition coefficient (Wildman–Crippen LogP) is 3.30. The fraction of sp³-hybridized carbons (Fsp3) is 0.278. The van der Waals surface area contributed by atoms with E-state index in [1.54, 1.807) is 37.1 Å². The number of aryl methyl sites for hydroxylation is 1. The normalized spacial score (nSPS) is 10.9. The first kappa shape index (κ1) is 17.2. The molecule has 130 valence electrons. The van der Waals surface area contributed by atoms with Crippen LogP contribution < -0.4 is 0 Å². The average Bonchev–Trinajstić information content (AvgIpc) is 3.13. The summed E-state index contributed by atoms with van der Waals surface area (Å²) in [6.07, 6.45) is 0. The van der Waals surface area contributed by atoms with E-state index in [0.717, 1.165) is 15.2 Å². The molecule has 0 saturated carbocycles. The van der Waals surface area contributed by atoms with E-state index in [1.807, 2.05) is 24.3 Å². The van der Waals surface area contributed by atoms with Gasteiger partial charge in [-0.05, 0) is 31.5 Å². The molecule has 0 bridgehead atoms. The van der Waals surface area contributed by atoms with E-state index >= 15 is 0 Å². The molecule has 0 spiro atoms. The zero-order valence-electron chi connectivity index (χ0n) is 14.5. The molecular weight excluding hydrogens is 338 g/mol. The standard InChI is InChI=1S/C18H19N3O3S/c1-10-15(18(23)24-4)11(2)19-16(10)17(22)21(3)9-14-20-12-7-5-6-8-13(12)25-14/h5-8,19H,9H2,1-4H3. The molecule has 1 aromatic carbocycles. The smallest absolute Gasteiger partial charge is 0.339 e. The summed E-state index contributed by atoms with van der Waals surface area (Å²) < 4.78 is 5.88. The lowest BCUT2D eigenvalue weighted by Crippen LogP contribution is -2.27. The maximum Gasteiger partial charge on any atom is 0.339 e. The zero-order valence-corrected chi connectivity index (χ0v) is 15.4. The molecular formula is C18H19N3O3S. The Balaban J connectivity index is 1.84. The molecule has 0 saturated heterocycles. The van der Waals surface area contributed by atoms with Gasteiger partial charge < -0.3 is 14.6 Å². The SMILES string of the molecule is COC(=O)c1c(C)[nH]c(C(=O)N(C)Cc2nc3ccccc3s2)c1C. The number of nitrogens with one attached hydrogen (secondary N) is 1. The van der Waals surface area contributed by atoms with Gasteiger partial charge in [0.1, 0.15) is 10.7 Å². The van der Waals surface area contributed by atoms with Gasteiger partial charge in [0.2, 0.25) is 0 Å². The second-order valence-electron chi connectivity index (χ2n) is 5.85. The Kier molecular flexibility index (Phi) is 4.59. The zero-order chi connectivity index (χ0) is 18.1. The number of amides is 1. The predicted molar refractivity (Wildman–Crippen MR) is 97.0 cm³/mol. The number of carbonyl (C=O) groups is 2. The summed E-state index contributed by atoms with van der Waals surface area (Å²) in [4.78, 5) is 33.8. The molecule has 0 radical (unpaired) electrons. The van der Waals surface area contributed by atoms with Gasteiger partial charge in [0.25, 0.3) is 5.91 Å². The maximum atomic E-state index is 12.8. The van der Waals surface area contributed by atoms with Crippen molar-refractivity contribution in [1.82, 2.24) is 14.9 Å². The summed E-state index contributed by atoms with van der Waals surface area (Å²) in [7, 11) is 3.05. The molecule has 0 atom stereocenters. The van der Waals surface area contributed by atoms with Crippen molar-refractivity contribution in [3.8, 4) is 0 Å². The number of fused-ring (bicyclic) bond motifs is 1. The quantitative estimate of drug-likeness (QED) is 0.727. The third kappa shape index (κ3) is 3.15. The van der Waals surface area contributed by atoms with E-state index in [-0.39, 0.29) is 5.91 Å². The van der Waals surface area contributed by atoms with Crippen LogP contribution in [0.5, 0.6) is 0 Å². The number of para-hydroxylation sites is 1. The van der Waals surface area contributed by atoms with E-state index in [0.29, 0.717) is 29.1 Å². The number of nitrogens with zero attached hydrogens (tertiary/aromatic N) is 2. The first-order valence-electron chi connectivity index (χ1n) is 7.79. The van der Waals surface area contributed by atoms with E-state index in [9.17, 15) is 9.59 Å². The first-order valence-corrected chi connectivity index (χ1v) is 8.61. The van der Waals surface area contributed by atoms with E-state index in [2.05, 4.69) is 9.97 Å². The highest BCUT2D eigenvalue weighted by atomic mass is 32.1. The second kappa shape index (κ2) is 6.68. The van der Waals surface area contributed by atoms with Crippen LogP contribution in [-0.4, -0.2) is 40.9 Å². The highest BCUT2D eigenvalue weighted by molar-refractivity contribution is 7.18. The lowest BCUT2D eigenvalue weighted by molar-refractivity contribution is 0.0599. The van der Waals surface area contributed by atoms with Gasteiger partial charge in [-0.15, -0.1) is 11.3 Å². The van der Waals surface area contributed by atoms with Crippen LogP contribution in [0.4, 0.5) is 0 Å². The van der Waals surface area contributed by atoms with Crippen LogP contribution in [-0.2, 0) is 11.3 Å². The number of rotatable bonds is 4. The fourth-order valence-electron chi connectivity index (χ4n) is 2.83. The minimum absolute atomic E-state index is 0.185. The van der Waals surface area contributed by atoms with Crippen LogP contribution in [0.15, 0.2) is 24.3 Å². The summed E-state index contributed by atoms with van der Waals surface area (Å²) in [6, 6.07) is 7.89. The van der Waals surface area contributed by atoms with E-state index in [1.165, 1.54) is 7.11 Å². The Hall–Kier alpha value is -2.67. The molecule has 3 aromatic rings. The van der Waals surface area contributed by atoms with Gasteiger partial charge in [0.05, 0.1) is 29.4 Å². The molecule has 0 aliphatic heterocycles. The number of aromatic nitrogens is 2. The number of hydrogen-bond acceptors (Lipinski definition) is 5. The van der Waals surface area contributed by atoms with Gasteiger partial charge in [-0.3, -0.25) is 4.79 Å². The molecule has 1 amide bonds. The Labute approximate surface area is 149 Å². The molecule has 2 aromatic heterocycles. The lowest BCUT2D eigenvalue weighted by atomic mass is 10.1. The van der Waals surface area contributed by atoms with Crippen molar-refractivity contribution in [3.63, 3.8) is 0 Å². The second-order valence-corrected chi connectivity index (χ2v) is 6.97. The van der Waals surface area contributed by atoms with Crippen molar-refractivity contribution in [2.24, 2.45) is 0 Å². The molecule has 0 fully saturated rings. The molecule has 25 heavy (non-hydrogen) atoms. The van der Waals surface area contributed by atoms with Gasteiger partial charge in [0.15, 0.2) is 0 Å². The van der Waals surface area contributed by atoms with Crippen molar-refractivity contribution in [2.75, 3.05) is 14.2 Å². The third-order valence-electron chi connectivity index (χ3n) is 4.10. The van der Waals surface area contributed by atoms with E-state index in [4.69, 9.17) is 4.74 Å². The summed E-state index contributed by atoms with van der Waals surface area (Å²) in [5.74, 6) is -0.630. The third-order valence-corrected chi connectivity index (χ3v) is 5.12. The molecule has 0 aliphatic carbocycles. The number of carbonyl (C=O) groups excluding carboxylic acids is 2. The number of H-pyrrole nitrogens is 1. The van der Waals surface area contributed by atoms with Crippen LogP contribution in [0.1, 0.15) is 37.1 Å². The average molecular weight is 357 g/mol. The van der Waals surface area contributed by atoms with Gasteiger partial charge in [-0.25, -0.2) is 9.78 Å². The number of benzene rings is 1. The van der Waals surface area contributed by atoms with Gasteiger partial charge in [0, 0.05) is 12.7 Å². The number of aromatic amines is 1. The molecule has 7 heteroatoms. The van der Waals surface area contributed by atoms with Crippen molar-refractivity contribution in [3.05, 3.63) is 51.8 Å². The first-order chi connectivity index (χ1) is 11.9. The summed E-state index contributed by atoms with van der Waals surface area (Å²) in [6.45, 7) is 3.90. The van der Waals surface area contributed by atoms with Crippen molar-refractivity contribution in [1.29, 1.82) is 0 Å². The molecule has 2 heterocycles. The fourth-order valence-corrected chi connectivity index (χ4v) is 3.85. The van der Waals surface area contributed by atoms with Crippen molar-refractivity contribution >= 4 is 33.4 Å². The summed E-state index contributed by atoms with van der Waals surface area (Å²) in [5.41, 5.74) is 2.98. The molecule has 0 unspecified atom stereocenters. The Morgan fingerprint density at radius 2 is 2.00 bits per heavy atom. The number of methoxy groups -OCH3 is 1. The number of hydrogen-bond donors (Lipinski definition) is 1. The van der Waals surface area contributed by atoms with Crippen LogP contribution in [0, 0.1) is 13.8 Å². The van der Waals surface area contributed by atoms with Crippen molar-refractivity contribution in [2.45, 2.75) is 20.4 Å². The van der Waals surface area contributed by atoms with Gasteiger partial charge >= 0.3 is 5.97 Å². The van der Waals surface area contributed by atoms with Crippen LogP contribution >= 0.6 is 11.3 Å². The highest BCUT2D eigenvalue weighted by Crippen LogP contribution is 2.24. The Morgan fingerprint density at radius 3 is 2.68 bits per heavy atom. The van der Waals surface area contributed by atoms with Crippen molar-refractivity contribution < 1.29 is 14.3 Å². The lowest BCUT2D eigenvalue weighted by Gasteiger charge is -2.15. The number of ether oxygens (including phenoxy) is 1. The van der Waals surface area contributed by atoms with Gasteiger partial charge in [-0.2, -0.15) is 0 Å². The largest absolute Gasteiger partial charge is 0.465 e. The summed E-state index contributed by atoms with van der Waals surface area (Å²) >= 11 is 1.57. The maximum absolute atomic E-state index is 12.8. The Bertz CT molecular complexity index is 925. The summed E-state index contributed by atoms with van der Waals surface area (Å²) in [5, 5.41) is 0.867. The molecule has 3 rings (SSSR count).